The second kappa shape index (κ2) is 12.2. The highest BCUT2D eigenvalue weighted by molar-refractivity contribution is 5.85. The van der Waals surface area contributed by atoms with Crippen LogP contribution in [0.3, 0.4) is 0 Å². The zero-order chi connectivity index (χ0) is 29.7. The van der Waals surface area contributed by atoms with E-state index in [4.69, 9.17) is 19.7 Å². The third kappa shape index (κ3) is 5.61. The third-order valence-corrected chi connectivity index (χ3v) is 7.63. The molecule has 1 aliphatic heterocycles. The fourth-order valence-electron chi connectivity index (χ4n) is 5.30. The predicted octanol–water partition coefficient (Wildman–Crippen LogP) is 9.58. The van der Waals surface area contributed by atoms with Crippen molar-refractivity contribution in [2.45, 2.75) is 0 Å². The average molecular weight is 568 g/mol. The Labute approximate surface area is 257 Å². The minimum atomic E-state index is 0.548. The van der Waals surface area contributed by atoms with Crippen LogP contribution in [-0.2, 0) is 0 Å². The molecule has 7 rings (SSSR count). The molecule has 4 nitrogen and oxygen atoms in total. The van der Waals surface area contributed by atoms with E-state index in [2.05, 4.69) is 67.3 Å². The van der Waals surface area contributed by atoms with Gasteiger partial charge in [-0.25, -0.2) is 15.0 Å². The van der Waals surface area contributed by atoms with Crippen LogP contribution in [0.5, 0.6) is 5.75 Å². The first-order valence-corrected chi connectivity index (χ1v) is 14.6. The molecule has 0 spiro atoms. The molecule has 44 heavy (non-hydrogen) atoms. The van der Waals surface area contributed by atoms with Crippen LogP contribution in [0, 0.1) is 0 Å². The Kier molecular flexibility index (Phi) is 7.46. The zero-order valence-electron chi connectivity index (χ0n) is 24.1. The predicted molar refractivity (Wildman–Crippen MR) is 180 cm³/mol. The number of hydrogen-bond donors (Lipinski definition) is 0. The molecule has 0 unspecified atom stereocenters. The first-order chi connectivity index (χ1) is 21.7. The van der Waals surface area contributed by atoms with Crippen LogP contribution in [0.1, 0.15) is 11.1 Å². The molecule has 0 saturated carbocycles. The number of ether oxygens (including phenoxy) is 1. The van der Waals surface area contributed by atoms with Gasteiger partial charge in [-0.2, -0.15) is 0 Å². The van der Waals surface area contributed by atoms with Crippen LogP contribution >= 0.6 is 0 Å². The second-order valence-corrected chi connectivity index (χ2v) is 10.5. The highest BCUT2D eigenvalue weighted by atomic mass is 16.5. The zero-order valence-corrected chi connectivity index (χ0v) is 24.1. The molecule has 0 atom stereocenters. The Morgan fingerprint density at radius 2 is 1.05 bits per heavy atom. The summed E-state index contributed by atoms with van der Waals surface area (Å²) in [7, 11) is 0. The summed E-state index contributed by atoms with van der Waals surface area (Å²) in [5.41, 5.74) is 9.30. The molecule has 0 radical (unpaired) electrons. The number of benzene rings is 5. The topological polar surface area (TPSA) is 47.9 Å². The molecule has 0 aliphatic carbocycles. The minimum absolute atomic E-state index is 0.548. The van der Waals surface area contributed by atoms with Crippen LogP contribution in [0.25, 0.3) is 56.4 Å². The van der Waals surface area contributed by atoms with Gasteiger partial charge < -0.3 is 4.74 Å². The van der Waals surface area contributed by atoms with Crippen LogP contribution in [-0.4, -0.2) is 21.6 Å². The van der Waals surface area contributed by atoms with E-state index >= 15 is 0 Å². The van der Waals surface area contributed by atoms with Crippen molar-refractivity contribution in [1.29, 1.82) is 0 Å². The van der Waals surface area contributed by atoms with Gasteiger partial charge in [0.25, 0.3) is 0 Å². The maximum atomic E-state index is 6.13. The molecule has 0 saturated heterocycles. The average Bonchev–Trinajstić information content (AvgIpc) is 3.52. The SMILES string of the molecule is C=C(/C=C\C=C1/COc2c1cccc2-c1ccccc1)c1ccc(-c2nc(-c3ccccc3)nc(-c3ccccc3)n2)cc1. The van der Waals surface area contributed by atoms with Gasteiger partial charge in [0.1, 0.15) is 12.4 Å². The van der Waals surface area contributed by atoms with E-state index in [1.165, 1.54) is 0 Å². The molecular weight excluding hydrogens is 538 g/mol. The molecule has 2 heterocycles. The molecule has 0 N–H and O–H groups in total. The molecule has 0 bridgehead atoms. The normalized spacial score (nSPS) is 13.1. The Morgan fingerprint density at radius 3 is 1.61 bits per heavy atom. The fraction of sp³-hybridized carbons (Fsp3) is 0.0250. The summed E-state index contributed by atoms with van der Waals surface area (Å²) in [6, 6.07) is 44.9. The number of hydrogen-bond acceptors (Lipinski definition) is 4. The van der Waals surface area contributed by atoms with E-state index in [0.717, 1.165) is 55.8 Å². The molecule has 5 aromatic carbocycles. The summed E-state index contributed by atoms with van der Waals surface area (Å²) in [6.07, 6.45) is 6.19. The lowest BCUT2D eigenvalue weighted by molar-refractivity contribution is 0.390. The van der Waals surface area contributed by atoms with Gasteiger partial charge >= 0.3 is 0 Å². The number of nitrogens with zero attached hydrogens (tertiary/aromatic N) is 3. The van der Waals surface area contributed by atoms with Crippen LogP contribution in [0.15, 0.2) is 158 Å². The first kappa shape index (κ1) is 27.0. The molecule has 1 aliphatic rings. The Hall–Kier alpha value is -5.87. The highest BCUT2D eigenvalue weighted by Crippen LogP contribution is 2.41. The third-order valence-electron chi connectivity index (χ3n) is 7.63. The monoisotopic (exact) mass is 567 g/mol. The summed E-state index contributed by atoms with van der Waals surface area (Å²) in [6.45, 7) is 4.86. The van der Waals surface area contributed by atoms with Gasteiger partial charge in [-0.05, 0) is 16.7 Å². The van der Waals surface area contributed by atoms with Crippen molar-refractivity contribution in [2.24, 2.45) is 0 Å². The lowest BCUT2D eigenvalue weighted by Crippen LogP contribution is -2.00. The molecule has 6 aromatic rings. The van der Waals surface area contributed by atoms with Crippen molar-refractivity contribution < 1.29 is 4.74 Å². The lowest BCUT2D eigenvalue weighted by Gasteiger charge is -2.09. The Bertz CT molecular complexity index is 1940. The molecule has 0 fully saturated rings. The number of fused-ring (bicyclic) bond motifs is 1. The van der Waals surface area contributed by atoms with Crippen LogP contribution in [0.4, 0.5) is 0 Å². The number of rotatable bonds is 7. The van der Waals surface area contributed by atoms with E-state index in [1.54, 1.807) is 0 Å². The molecule has 4 heteroatoms. The largest absolute Gasteiger partial charge is 0.488 e. The summed E-state index contributed by atoms with van der Waals surface area (Å²) in [5.74, 6) is 2.86. The fourth-order valence-corrected chi connectivity index (χ4v) is 5.30. The Balaban J connectivity index is 1.12. The van der Waals surface area contributed by atoms with Gasteiger partial charge in [-0.15, -0.1) is 0 Å². The molecule has 0 amide bonds. The van der Waals surface area contributed by atoms with Crippen molar-refractivity contribution in [1.82, 2.24) is 15.0 Å². The van der Waals surface area contributed by atoms with Crippen molar-refractivity contribution in [3.63, 3.8) is 0 Å². The highest BCUT2D eigenvalue weighted by Gasteiger charge is 2.21. The van der Waals surface area contributed by atoms with Gasteiger partial charge in [-0.1, -0.05) is 158 Å². The summed E-state index contributed by atoms with van der Waals surface area (Å²) in [4.78, 5) is 14.5. The number of allylic oxidation sites excluding steroid dienone is 4. The molecule has 210 valence electrons. The maximum Gasteiger partial charge on any atom is 0.164 e. The molecule has 1 aromatic heterocycles. The summed E-state index contributed by atoms with van der Waals surface area (Å²) in [5, 5.41) is 0. The van der Waals surface area contributed by atoms with E-state index in [1.807, 2.05) is 91.0 Å². The lowest BCUT2D eigenvalue weighted by atomic mass is 9.99. The van der Waals surface area contributed by atoms with Crippen molar-refractivity contribution in [3.8, 4) is 51.0 Å². The van der Waals surface area contributed by atoms with E-state index in [-0.39, 0.29) is 0 Å². The Morgan fingerprint density at radius 1 is 0.545 bits per heavy atom. The summed E-state index contributed by atoms with van der Waals surface area (Å²) >= 11 is 0. The second-order valence-electron chi connectivity index (χ2n) is 10.5. The van der Waals surface area contributed by atoms with E-state index < -0.39 is 0 Å². The first-order valence-electron chi connectivity index (χ1n) is 14.6. The van der Waals surface area contributed by atoms with E-state index in [9.17, 15) is 0 Å². The van der Waals surface area contributed by atoms with Crippen LogP contribution < -0.4 is 4.74 Å². The standard InChI is InChI=1S/C40H29N3O/c1-28(13-11-20-34-27-44-37-35(21-12-22-36(34)37)30-14-5-2-6-15-30)29-23-25-33(26-24-29)40-42-38(31-16-7-3-8-17-31)41-39(43-40)32-18-9-4-10-19-32/h2-26H,1,27H2/b13-11-,34-20+. The van der Waals surface area contributed by atoms with Gasteiger partial charge in [0.05, 0.1) is 0 Å². The molecular formula is C40H29N3O. The van der Waals surface area contributed by atoms with Crippen LogP contribution in [0.2, 0.25) is 0 Å². The quantitative estimate of drug-likeness (QED) is 0.180. The van der Waals surface area contributed by atoms with Crippen molar-refractivity contribution >= 4 is 11.1 Å². The number of aromatic nitrogens is 3. The van der Waals surface area contributed by atoms with Gasteiger partial charge in [0.15, 0.2) is 17.5 Å². The van der Waals surface area contributed by atoms with Gasteiger partial charge in [-0.3, -0.25) is 0 Å². The van der Waals surface area contributed by atoms with Crippen molar-refractivity contribution in [3.05, 3.63) is 169 Å². The van der Waals surface area contributed by atoms with Crippen molar-refractivity contribution in [2.75, 3.05) is 6.61 Å². The van der Waals surface area contributed by atoms with Gasteiger partial charge in [0, 0.05) is 33.4 Å². The van der Waals surface area contributed by atoms with E-state index in [0.29, 0.717) is 24.1 Å². The summed E-state index contributed by atoms with van der Waals surface area (Å²) < 4.78 is 6.13. The minimum Gasteiger partial charge on any atom is -0.488 e. The van der Waals surface area contributed by atoms with Gasteiger partial charge in [0.2, 0.25) is 0 Å². The maximum absolute atomic E-state index is 6.13. The number of para-hydroxylation sites is 1. The smallest absolute Gasteiger partial charge is 0.164 e.